The fraction of sp³-hybridized carbons (Fsp3) is 0.500. The molecule has 3 heterocycles. The molecule has 1 aliphatic carbocycles. The Morgan fingerprint density at radius 2 is 1.68 bits per heavy atom. The summed E-state index contributed by atoms with van der Waals surface area (Å²) in [7, 11) is 1.66. The van der Waals surface area contributed by atoms with Crippen LogP contribution in [0, 0.1) is 11.8 Å². The van der Waals surface area contributed by atoms with Gasteiger partial charge in [-0.2, -0.15) is 0 Å². The molecule has 2 aromatic rings. The molecule has 34 heavy (non-hydrogen) atoms. The minimum Gasteiger partial charge on any atom is -0.335 e. The third-order valence-corrected chi connectivity index (χ3v) is 7.24. The molecule has 8 nitrogen and oxygen atoms in total. The van der Waals surface area contributed by atoms with Crippen LogP contribution in [0.5, 0.6) is 0 Å². The number of hydrogen-bond donors (Lipinski definition) is 1. The highest BCUT2D eigenvalue weighted by Gasteiger charge is 2.55. The standard InChI is InChI=1S/C26H33N5O3/c1-3-22(19-7-5-4-6-8-19)29-26(34)31-23(25(33)30(2)20-11-15-28-16-12-20)21(24(31)32)17-18-9-13-27-14-10-18/h9-16,19,21-23H,3-8,17H2,1-2H3,(H,29,34)/t21-,22?,23+/m1/s1. The van der Waals surface area contributed by atoms with Gasteiger partial charge in [0.15, 0.2) is 0 Å². The first-order valence-electron chi connectivity index (χ1n) is 12.2. The molecule has 4 amide bonds. The summed E-state index contributed by atoms with van der Waals surface area (Å²) in [5.74, 6) is -0.778. The van der Waals surface area contributed by atoms with Gasteiger partial charge >= 0.3 is 6.03 Å². The predicted molar refractivity (Wildman–Crippen MR) is 129 cm³/mol. The van der Waals surface area contributed by atoms with Crippen molar-refractivity contribution in [1.29, 1.82) is 0 Å². The van der Waals surface area contributed by atoms with Gasteiger partial charge in [0.25, 0.3) is 5.91 Å². The quantitative estimate of drug-likeness (QED) is 0.634. The number of pyridine rings is 2. The zero-order chi connectivity index (χ0) is 24.1. The van der Waals surface area contributed by atoms with Crippen LogP contribution >= 0.6 is 0 Å². The molecular weight excluding hydrogens is 430 g/mol. The van der Waals surface area contributed by atoms with E-state index in [1.165, 1.54) is 24.2 Å². The Morgan fingerprint density at radius 1 is 1.06 bits per heavy atom. The van der Waals surface area contributed by atoms with Gasteiger partial charge in [-0.05, 0) is 61.4 Å². The number of carbonyl (C=O) groups excluding carboxylic acids is 3. The molecule has 0 aromatic carbocycles. The molecule has 1 unspecified atom stereocenters. The lowest BCUT2D eigenvalue weighted by atomic mass is 9.81. The van der Waals surface area contributed by atoms with Crippen LogP contribution in [0.1, 0.15) is 51.0 Å². The van der Waals surface area contributed by atoms with Crippen LogP contribution in [0.3, 0.4) is 0 Å². The van der Waals surface area contributed by atoms with Crippen LogP contribution in [0.4, 0.5) is 10.5 Å². The summed E-state index contributed by atoms with van der Waals surface area (Å²) in [5, 5.41) is 3.09. The Balaban J connectivity index is 1.54. The first-order valence-corrected chi connectivity index (χ1v) is 12.2. The Labute approximate surface area is 200 Å². The topological polar surface area (TPSA) is 95.5 Å². The summed E-state index contributed by atoms with van der Waals surface area (Å²) >= 11 is 0. The van der Waals surface area contributed by atoms with Gasteiger partial charge in [0.05, 0.1) is 5.92 Å². The summed E-state index contributed by atoms with van der Waals surface area (Å²) in [4.78, 5) is 50.7. The van der Waals surface area contributed by atoms with E-state index in [1.807, 2.05) is 12.1 Å². The second kappa shape index (κ2) is 10.8. The number of rotatable bonds is 7. The zero-order valence-electron chi connectivity index (χ0n) is 19.9. The number of amides is 4. The van der Waals surface area contributed by atoms with E-state index in [4.69, 9.17) is 0 Å². The SMILES string of the molecule is CCC(NC(=O)N1C(=O)[C@H](Cc2ccncc2)[C@H]1C(=O)N(C)c1ccncc1)C1CCCCC1. The smallest absolute Gasteiger partial charge is 0.325 e. The summed E-state index contributed by atoms with van der Waals surface area (Å²) in [6.07, 6.45) is 13.5. The van der Waals surface area contributed by atoms with Crippen molar-refractivity contribution in [2.24, 2.45) is 11.8 Å². The van der Waals surface area contributed by atoms with E-state index in [0.717, 1.165) is 29.7 Å². The van der Waals surface area contributed by atoms with Gasteiger partial charge in [-0.1, -0.05) is 26.2 Å². The van der Waals surface area contributed by atoms with Crippen LogP contribution in [0.25, 0.3) is 0 Å². The van der Waals surface area contributed by atoms with Gasteiger partial charge in [0.2, 0.25) is 5.91 Å². The van der Waals surface area contributed by atoms with Crippen LogP contribution in [-0.2, 0) is 16.0 Å². The molecule has 0 bridgehead atoms. The average molecular weight is 464 g/mol. The second-order valence-electron chi connectivity index (χ2n) is 9.28. The van der Waals surface area contributed by atoms with Crippen LogP contribution in [-0.4, -0.2) is 51.8 Å². The van der Waals surface area contributed by atoms with E-state index in [1.54, 1.807) is 44.0 Å². The molecule has 2 fully saturated rings. The van der Waals surface area contributed by atoms with Gasteiger partial charge in [-0.25, -0.2) is 4.79 Å². The molecule has 0 spiro atoms. The molecule has 1 saturated carbocycles. The fourth-order valence-electron chi connectivity index (χ4n) is 5.24. The number of nitrogens with zero attached hydrogens (tertiary/aromatic N) is 4. The summed E-state index contributed by atoms with van der Waals surface area (Å²) in [5.41, 5.74) is 1.57. The number of imide groups is 1. The Kier molecular flexibility index (Phi) is 7.55. The van der Waals surface area contributed by atoms with E-state index in [0.29, 0.717) is 18.0 Å². The monoisotopic (exact) mass is 463 g/mol. The number of likely N-dealkylation sites (N-methyl/N-ethyl adjacent to an activating group) is 1. The van der Waals surface area contributed by atoms with E-state index in [2.05, 4.69) is 22.2 Å². The van der Waals surface area contributed by atoms with Crippen molar-refractivity contribution >= 4 is 23.5 Å². The number of nitrogens with one attached hydrogen (secondary N) is 1. The lowest BCUT2D eigenvalue weighted by Crippen LogP contribution is -2.71. The van der Waals surface area contributed by atoms with Crippen molar-refractivity contribution in [2.75, 3.05) is 11.9 Å². The molecular formula is C26H33N5O3. The highest BCUT2D eigenvalue weighted by atomic mass is 16.2. The molecule has 1 N–H and O–H groups in total. The maximum absolute atomic E-state index is 13.6. The summed E-state index contributed by atoms with van der Waals surface area (Å²) in [6.45, 7) is 2.06. The molecule has 1 saturated heterocycles. The number of likely N-dealkylation sites (tertiary alicyclic amines) is 1. The number of hydrogen-bond acceptors (Lipinski definition) is 5. The lowest BCUT2D eigenvalue weighted by molar-refractivity contribution is -0.156. The highest BCUT2D eigenvalue weighted by molar-refractivity contribution is 6.12. The molecule has 3 atom stereocenters. The first-order chi connectivity index (χ1) is 16.5. The van der Waals surface area contributed by atoms with Crippen molar-refractivity contribution < 1.29 is 14.4 Å². The lowest BCUT2D eigenvalue weighted by Gasteiger charge is -2.46. The molecule has 4 rings (SSSR count). The van der Waals surface area contributed by atoms with E-state index >= 15 is 0 Å². The Morgan fingerprint density at radius 3 is 2.29 bits per heavy atom. The molecule has 1 aliphatic heterocycles. The van der Waals surface area contributed by atoms with Crippen LogP contribution < -0.4 is 10.2 Å². The fourth-order valence-corrected chi connectivity index (χ4v) is 5.24. The van der Waals surface area contributed by atoms with Crippen molar-refractivity contribution in [3.05, 3.63) is 54.6 Å². The number of β-lactam (4-membered cyclic amide) rings is 1. The van der Waals surface area contributed by atoms with E-state index in [-0.39, 0.29) is 17.9 Å². The maximum atomic E-state index is 13.6. The second-order valence-corrected chi connectivity index (χ2v) is 9.28. The third kappa shape index (κ3) is 4.95. The van der Waals surface area contributed by atoms with Crippen molar-refractivity contribution in [1.82, 2.24) is 20.2 Å². The first kappa shape index (κ1) is 23.9. The third-order valence-electron chi connectivity index (χ3n) is 7.24. The highest BCUT2D eigenvalue weighted by Crippen LogP contribution is 2.33. The minimum atomic E-state index is -0.859. The van der Waals surface area contributed by atoms with Crippen LogP contribution in [0.15, 0.2) is 49.1 Å². The Bertz CT molecular complexity index is 994. The normalized spacial score (nSPS) is 21.5. The van der Waals surface area contributed by atoms with E-state index < -0.39 is 18.0 Å². The van der Waals surface area contributed by atoms with Gasteiger partial charge < -0.3 is 10.2 Å². The van der Waals surface area contributed by atoms with Gasteiger partial charge in [-0.15, -0.1) is 0 Å². The van der Waals surface area contributed by atoms with Crippen LogP contribution in [0.2, 0.25) is 0 Å². The average Bonchev–Trinajstić information content (AvgIpc) is 2.89. The molecule has 2 aliphatic rings. The number of urea groups is 1. The summed E-state index contributed by atoms with van der Waals surface area (Å²) < 4.78 is 0. The van der Waals surface area contributed by atoms with Crippen molar-refractivity contribution in [2.45, 2.75) is 64.0 Å². The zero-order valence-corrected chi connectivity index (χ0v) is 19.9. The van der Waals surface area contributed by atoms with Crippen molar-refractivity contribution in [3.8, 4) is 0 Å². The Hall–Kier alpha value is -3.29. The van der Waals surface area contributed by atoms with Gasteiger partial charge in [0, 0.05) is 43.6 Å². The number of anilines is 1. The van der Waals surface area contributed by atoms with Gasteiger partial charge in [-0.3, -0.25) is 24.5 Å². The van der Waals surface area contributed by atoms with Crippen molar-refractivity contribution in [3.63, 3.8) is 0 Å². The predicted octanol–water partition coefficient (Wildman–Crippen LogP) is 3.58. The molecule has 8 heteroatoms. The molecule has 2 aromatic heterocycles. The van der Waals surface area contributed by atoms with Gasteiger partial charge in [0.1, 0.15) is 6.04 Å². The minimum absolute atomic E-state index is 0.00790. The molecule has 180 valence electrons. The number of aromatic nitrogens is 2. The number of carbonyl (C=O) groups is 3. The molecule has 0 radical (unpaired) electrons. The van der Waals surface area contributed by atoms with E-state index in [9.17, 15) is 14.4 Å². The largest absolute Gasteiger partial charge is 0.335 e. The maximum Gasteiger partial charge on any atom is 0.325 e. The summed E-state index contributed by atoms with van der Waals surface area (Å²) in [6, 6.07) is 5.82.